The number of hydrogen-bond acceptors (Lipinski definition) is 8. The second-order valence-corrected chi connectivity index (χ2v) is 9.58. The summed E-state index contributed by atoms with van der Waals surface area (Å²) in [6.45, 7) is -1.41. The van der Waals surface area contributed by atoms with E-state index in [1.165, 1.54) is 6.92 Å². The first-order valence-corrected chi connectivity index (χ1v) is 12.0. The fourth-order valence-electron chi connectivity index (χ4n) is 2.63. The highest BCUT2D eigenvalue weighted by molar-refractivity contribution is 14.1. The third-order valence-electron chi connectivity index (χ3n) is 4.27. The van der Waals surface area contributed by atoms with Gasteiger partial charge in [0.15, 0.2) is 0 Å². The van der Waals surface area contributed by atoms with Crippen LogP contribution in [0, 0.1) is 10.7 Å². The summed E-state index contributed by atoms with van der Waals surface area (Å²) >= 11 is 5.31. The van der Waals surface area contributed by atoms with Gasteiger partial charge in [0.2, 0.25) is 0 Å². The molecular formula is C17H22I3N3O8. The van der Waals surface area contributed by atoms with Crippen molar-refractivity contribution in [2.24, 2.45) is 5.73 Å². The highest BCUT2D eigenvalue weighted by Crippen LogP contribution is 2.36. The molecule has 0 saturated carbocycles. The Morgan fingerprint density at radius 2 is 1.32 bits per heavy atom. The number of halogens is 3. The summed E-state index contributed by atoms with van der Waals surface area (Å²) in [4.78, 5) is 38.7. The van der Waals surface area contributed by atoms with Crippen LogP contribution in [-0.2, 0) is 4.79 Å². The summed E-state index contributed by atoms with van der Waals surface area (Å²) in [6, 6.07) is -2.31. The summed E-state index contributed by atoms with van der Waals surface area (Å²) in [5, 5.41) is 50.5. The van der Waals surface area contributed by atoms with Crippen LogP contribution in [0.2, 0.25) is 0 Å². The first-order valence-electron chi connectivity index (χ1n) is 8.73. The normalized spacial score (nSPS) is 12.2. The van der Waals surface area contributed by atoms with Crippen LogP contribution < -0.4 is 11.1 Å². The fraction of sp³-hybridized carbons (Fsp3) is 0.471. The maximum Gasteiger partial charge on any atom is 0.256 e. The van der Waals surface area contributed by atoms with Crippen LogP contribution in [0.15, 0.2) is 0 Å². The number of benzene rings is 1. The van der Waals surface area contributed by atoms with E-state index in [2.05, 4.69) is 5.32 Å². The number of nitrogens with one attached hydrogen (secondary N) is 1. The number of aliphatic hydroxyl groups excluding tert-OH is 5. The Labute approximate surface area is 218 Å². The number of carbonyl (C=O) groups excluding carboxylic acids is 3. The van der Waals surface area contributed by atoms with E-state index in [0.29, 0.717) is 0 Å². The Morgan fingerprint density at radius 1 is 0.903 bits per heavy atom. The number of hydrogen-bond donors (Lipinski definition) is 7. The molecule has 3 amide bonds. The average Bonchev–Trinajstić information content (AvgIpc) is 2.70. The zero-order valence-electron chi connectivity index (χ0n) is 16.2. The molecule has 0 aliphatic heterocycles. The molecule has 0 fully saturated rings. The van der Waals surface area contributed by atoms with Crippen molar-refractivity contribution in [1.29, 1.82) is 0 Å². The quantitative estimate of drug-likeness (QED) is 0.148. The molecule has 0 radical (unpaired) electrons. The van der Waals surface area contributed by atoms with Crippen molar-refractivity contribution >= 4 is 91.2 Å². The van der Waals surface area contributed by atoms with Crippen molar-refractivity contribution in [1.82, 2.24) is 4.90 Å². The highest BCUT2D eigenvalue weighted by atomic mass is 127. The lowest BCUT2D eigenvalue weighted by atomic mass is 10.0. The van der Waals surface area contributed by atoms with Crippen LogP contribution in [0.5, 0.6) is 0 Å². The summed E-state index contributed by atoms with van der Waals surface area (Å²) in [6.07, 6.45) is -1.38. The molecule has 0 aromatic heterocycles. The fourth-order valence-corrected chi connectivity index (χ4v) is 7.06. The van der Waals surface area contributed by atoms with Crippen molar-refractivity contribution < 1.29 is 39.9 Å². The lowest BCUT2D eigenvalue weighted by molar-refractivity contribution is -0.123. The molecule has 174 valence electrons. The molecule has 1 rings (SSSR count). The summed E-state index contributed by atoms with van der Waals surface area (Å²) < 4.78 is 0.593. The zero-order valence-corrected chi connectivity index (χ0v) is 22.7. The van der Waals surface area contributed by atoms with E-state index >= 15 is 0 Å². The van der Waals surface area contributed by atoms with E-state index < -0.39 is 62.3 Å². The molecule has 1 aromatic carbocycles. The van der Waals surface area contributed by atoms with Crippen molar-refractivity contribution in [2.75, 3.05) is 31.7 Å². The molecule has 0 spiro atoms. The van der Waals surface area contributed by atoms with E-state index in [1.54, 1.807) is 67.8 Å². The number of nitrogens with two attached hydrogens (primary N) is 1. The second-order valence-electron chi connectivity index (χ2n) is 6.35. The van der Waals surface area contributed by atoms with Gasteiger partial charge >= 0.3 is 0 Å². The lowest BCUT2D eigenvalue weighted by Crippen LogP contribution is -2.53. The minimum Gasteiger partial charge on any atom is -0.394 e. The maximum absolute atomic E-state index is 13.5. The molecule has 11 nitrogen and oxygen atoms in total. The molecular weight excluding hydrogens is 755 g/mol. The van der Waals surface area contributed by atoms with Gasteiger partial charge in [0.05, 0.1) is 62.5 Å². The van der Waals surface area contributed by atoms with Gasteiger partial charge in [0.25, 0.3) is 17.7 Å². The van der Waals surface area contributed by atoms with Gasteiger partial charge in [-0.15, -0.1) is 0 Å². The molecule has 0 heterocycles. The number of rotatable bonds is 10. The molecule has 1 unspecified atom stereocenters. The Kier molecular flexibility index (Phi) is 11.8. The Hall–Kier alpha value is -0.380. The topological polar surface area (TPSA) is 194 Å². The monoisotopic (exact) mass is 777 g/mol. The van der Waals surface area contributed by atoms with E-state index in [0.717, 1.165) is 4.90 Å². The van der Waals surface area contributed by atoms with Gasteiger partial charge in [0, 0.05) is 3.57 Å². The first-order chi connectivity index (χ1) is 14.5. The van der Waals surface area contributed by atoms with Gasteiger partial charge < -0.3 is 41.5 Å². The van der Waals surface area contributed by atoms with Crippen LogP contribution >= 0.6 is 67.8 Å². The molecule has 0 bridgehead atoms. The molecule has 8 N–H and O–H groups in total. The average molecular weight is 777 g/mol. The number of primary amides is 1. The third kappa shape index (κ3) is 6.36. The predicted octanol–water partition coefficient (Wildman–Crippen LogP) is -0.933. The largest absolute Gasteiger partial charge is 0.394 e. The molecule has 1 atom stereocenters. The molecule has 0 saturated heterocycles. The van der Waals surface area contributed by atoms with Crippen LogP contribution in [0.4, 0.5) is 5.69 Å². The Morgan fingerprint density at radius 3 is 1.68 bits per heavy atom. The molecule has 14 heteroatoms. The molecule has 0 aliphatic rings. The number of amides is 3. The second kappa shape index (κ2) is 12.8. The standard InChI is InChI=1S/C17H22I3N3O8/c1-6(28)16(30)22-14-12(19)9(15(21)29)11(18)10(13(14)20)17(31)23(7(2-24)3-25)8(4-26)5-27/h6-8,24-28H,2-5H2,1H3,(H2,21,29)(H,22,30). The van der Waals surface area contributed by atoms with E-state index in [4.69, 9.17) is 5.73 Å². The first kappa shape index (κ1) is 28.7. The zero-order chi connectivity index (χ0) is 24.0. The highest BCUT2D eigenvalue weighted by Gasteiger charge is 2.35. The van der Waals surface area contributed by atoms with Gasteiger partial charge in [-0.2, -0.15) is 0 Å². The van der Waals surface area contributed by atoms with Gasteiger partial charge in [-0.25, -0.2) is 0 Å². The van der Waals surface area contributed by atoms with Crippen molar-refractivity contribution in [3.63, 3.8) is 0 Å². The predicted molar refractivity (Wildman–Crippen MR) is 136 cm³/mol. The van der Waals surface area contributed by atoms with Gasteiger partial charge in [-0.1, -0.05) is 0 Å². The summed E-state index contributed by atoms with van der Waals surface area (Å²) in [5.74, 6) is -2.48. The number of carbonyl (C=O) groups is 3. The van der Waals surface area contributed by atoms with Gasteiger partial charge in [0.1, 0.15) is 6.10 Å². The maximum atomic E-state index is 13.5. The minimum absolute atomic E-state index is 0.0556. The van der Waals surface area contributed by atoms with E-state index in [1.807, 2.05) is 0 Å². The van der Waals surface area contributed by atoms with E-state index in [9.17, 15) is 39.9 Å². The number of anilines is 1. The SMILES string of the molecule is CC(O)C(=O)Nc1c(I)c(C(N)=O)c(I)c(C(=O)N(C(CO)CO)C(CO)CO)c1I. The van der Waals surface area contributed by atoms with Gasteiger partial charge in [-0.3, -0.25) is 14.4 Å². The lowest BCUT2D eigenvalue weighted by Gasteiger charge is -2.35. The van der Waals surface area contributed by atoms with Crippen molar-refractivity contribution in [3.8, 4) is 0 Å². The summed E-state index contributed by atoms with van der Waals surface area (Å²) in [7, 11) is 0. The van der Waals surface area contributed by atoms with Crippen LogP contribution in [0.3, 0.4) is 0 Å². The van der Waals surface area contributed by atoms with Crippen LogP contribution in [0.25, 0.3) is 0 Å². The third-order valence-corrected chi connectivity index (χ3v) is 7.51. The number of nitrogens with zero attached hydrogens (tertiary/aromatic N) is 1. The van der Waals surface area contributed by atoms with Crippen molar-refractivity contribution in [3.05, 3.63) is 21.8 Å². The summed E-state index contributed by atoms with van der Waals surface area (Å²) in [5.41, 5.74) is 5.42. The van der Waals surface area contributed by atoms with Crippen molar-refractivity contribution in [2.45, 2.75) is 25.1 Å². The van der Waals surface area contributed by atoms with Crippen LogP contribution in [0.1, 0.15) is 27.6 Å². The van der Waals surface area contributed by atoms with Crippen LogP contribution in [-0.4, -0.2) is 92.8 Å². The minimum atomic E-state index is -1.38. The smallest absolute Gasteiger partial charge is 0.256 e. The Balaban J connectivity index is 3.85. The molecule has 0 aliphatic carbocycles. The molecule has 31 heavy (non-hydrogen) atoms. The number of aliphatic hydroxyl groups is 5. The molecule has 1 aromatic rings. The van der Waals surface area contributed by atoms with Gasteiger partial charge in [-0.05, 0) is 74.7 Å². The van der Waals surface area contributed by atoms with E-state index in [-0.39, 0.29) is 27.5 Å². The Bertz CT molecular complexity index is 833.